The van der Waals surface area contributed by atoms with Gasteiger partial charge in [0.25, 0.3) is 0 Å². The van der Waals surface area contributed by atoms with Crippen molar-refractivity contribution in [3.63, 3.8) is 0 Å². The Bertz CT molecular complexity index is 400. The second-order valence-corrected chi connectivity index (χ2v) is 2.85. The first-order chi connectivity index (χ1) is 5.90. The van der Waals surface area contributed by atoms with Crippen LogP contribution in [-0.2, 0) is 5.88 Å². The molecule has 12 heavy (non-hydrogen) atoms. The minimum absolute atomic E-state index is 0.540. The highest BCUT2D eigenvalue weighted by molar-refractivity contribution is 6.17. The van der Waals surface area contributed by atoms with Crippen LogP contribution in [0.25, 0.3) is 10.8 Å². The van der Waals surface area contributed by atoms with Crippen LogP contribution in [0.2, 0.25) is 0 Å². The number of halogens is 1. The first kappa shape index (κ1) is 7.50. The summed E-state index contributed by atoms with van der Waals surface area (Å²) in [6, 6.07) is 6.02. The van der Waals surface area contributed by atoms with Crippen molar-refractivity contribution >= 4 is 22.4 Å². The van der Waals surface area contributed by atoms with Gasteiger partial charge in [-0.25, -0.2) is 0 Å². The van der Waals surface area contributed by atoms with Crippen LogP contribution in [0, 0.1) is 0 Å². The van der Waals surface area contributed by atoms with E-state index in [0.29, 0.717) is 5.88 Å². The molecule has 0 bridgehead atoms. The average molecular weight is 179 g/mol. The Morgan fingerprint density at radius 3 is 2.58 bits per heavy atom. The van der Waals surface area contributed by atoms with Gasteiger partial charge in [0, 0.05) is 16.7 Å². The smallest absolute Gasteiger partial charge is 0.0574 e. The summed E-state index contributed by atoms with van der Waals surface area (Å²) in [5, 5.41) is 9.76. The van der Waals surface area contributed by atoms with Gasteiger partial charge in [0.05, 0.1) is 12.4 Å². The molecule has 0 fully saturated rings. The van der Waals surface area contributed by atoms with Crippen LogP contribution in [0.3, 0.4) is 0 Å². The molecule has 0 unspecified atom stereocenters. The molecule has 60 valence electrons. The number of hydrogen-bond donors (Lipinski definition) is 0. The number of rotatable bonds is 1. The topological polar surface area (TPSA) is 25.8 Å². The third kappa shape index (κ3) is 1.25. The lowest BCUT2D eigenvalue weighted by molar-refractivity contribution is 1.05. The van der Waals surface area contributed by atoms with Gasteiger partial charge in [-0.3, -0.25) is 0 Å². The lowest BCUT2D eigenvalue weighted by Gasteiger charge is -1.97. The third-order valence-corrected chi connectivity index (χ3v) is 2.07. The summed E-state index contributed by atoms with van der Waals surface area (Å²) in [6.45, 7) is 0. The maximum atomic E-state index is 5.69. The van der Waals surface area contributed by atoms with Crippen molar-refractivity contribution in [2.75, 3.05) is 0 Å². The summed E-state index contributed by atoms with van der Waals surface area (Å²) < 4.78 is 0. The molecule has 0 aliphatic heterocycles. The van der Waals surface area contributed by atoms with Crippen LogP contribution >= 0.6 is 11.6 Å². The molecule has 0 aliphatic rings. The second kappa shape index (κ2) is 3.07. The van der Waals surface area contributed by atoms with Gasteiger partial charge in [0.1, 0.15) is 0 Å². The fourth-order valence-corrected chi connectivity index (χ4v) is 1.29. The summed E-state index contributed by atoms with van der Waals surface area (Å²) in [7, 11) is 0. The zero-order valence-corrected chi connectivity index (χ0v) is 7.12. The van der Waals surface area contributed by atoms with E-state index in [1.807, 2.05) is 18.2 Å². The maximum Gasteiger partial charge on any atom is 0.0574 e. The van der Waals surface area contributed by atoms with Gasteiger partial charge in [0.15, 0.2) is 0 Å². The van der Waals surface area contributed by atoms with E-state index in [9.17, 15) is 0 Å². The molecule has 0 amide bonds. The Kier molecular flexibility index (Phi) is 1.92. The minimum atomic E-state index is 0.540. The molecule has 0 N–H and O–H groups in total. The summed E-state index contributed by atoms with van der Waals surface area (Å²) >= 11 is 5.69. The minimum Gasteiger partial charge on any atom is -0.158 e. The van der Waals surface area contributed by atoms with Gasteiger partial charge in [-0.05, 0) is 11.6 Å². The number of aromatic nitrogens is 2. The van der Waals surface area contributed by atoms with E-state index in [0.717, 1.165) is 16.3 Å². The third-order valence-electron chi connectivity index (χ3n) is 1.77. The normalized spacial score (nSPS) is 10.4. The summed E-state index contributed by atoms with van der Waals surface area (Å²) in [4.78, 5) is 0. The standard InChI is InChI=1S/C9H7ClN2/c10-4-7-1-2-8-5-11-12-6-9(8)3-7/h1-3,5-6H,4H2. The molecule has 2 aromatic rings. The largest absolute Gasteiger partial charge is 0.158 e. The zero-order chi connectivity index (χ0) is 8.39. The molecule has 2 nitrogen and oxygen atoms in total. The first-order valence-corrected chi connectivity index (χ1v) is 4.19. The maximum absolute atomic E-state index is 5.69. The molecule has 0 spiro atoms. The van der Waals surface area contributed by atoms with Crippen LogP contribution in [0.1, 0.15) is 5.56 Å². The second-order valence-electron chi connectivity index (χ2n) is 2.59. The lowest BCUT2D eigenvalue weighted by atomic mass is 10.1. The molecular formula is C9H7ClN2. The van der Waals surface area contributed by atoms with E-state index in [4.69, 9.17) is 11.6 Å². The van der Waals surface area contributed by atoms with Crippen molar-refractivity contribution in [3.05, 3.63) is 36.2 Å². The van der Waals surface area contributed by atoms with Crippen LogP contribution in [0.5, 0.6) is 0 Å². The van der Waals surface area contributed by atoms with Crippen molar-refractivity contribution < 1.29 is 0 Å². The molecule has 0 atom stereocenters. The Balaban J connectivity index is 2.67. The van der Waals surface area contributed by atoms with Crippen molar-refractivity contribution in [1.29, 1.82) is 0 Å². The number of fused-ring (bicyclic) bond motifs is 1. The van der Waals surface area contributed by atoms with Crippen molar-refractivity contribution in [2.45, 2.75) is 5.88 Å². The fourth-order valence-electron chi connectivity index (χ4n) is 1.13. The molecule has 0 aliphatic carbocycles. The van der Waals surface area contributed by atoms with E-state index in [1.165, 1.54) is 0 Å². The number of benzene rings is 1. The van der Waals surface area contributed by atoms with E-state index < -0.39 is 0 Å². The van der Waals surface area contributed by atoms with Gasteiger partial charge in [0.2, 0.25) is 0 Å². The average Bonchev–Trinajstić information content (AvgIpc) is 2.17. The van der Waals surface area contributed by atoms with Crippen LogP contribution < -0.4 is 0 Å². The van der Waals surface area contributed by atoms with E-state index >= 15 is 0 Å². The Hall–Kier alpha value is -1.15. The van der Waals surface area contributed by atoms with Crippen molar-refractivity contribution in [2.24, 2.45) is 0 Å². The number of nitrogens with zero attached hydrogens (tertiary/aromatic N) is 2. The number of alkyl halides is 1. The monoisotopic (exact) mass is 178 g/mol. The van der Waals surface area contributed by atoms with Crippen molar-refractivity contribution in [3.8, 4) is 0 Å². The van der Waals surface area contributed by atoms with Crippen molar-refractivity contribution in [1.82, 2.24) is 10.2 Å². The molecule has 1 aromatic carbocycles. The summed E-state index contributed by atoms with van der Waals surface area (Å²) in [6.07, 6.45) is 3.48. The quantitative estimate of drug-likeness (QED) is 0.627. The molecule has 0 saturated heterocycles. The molecule has 1 heterocycles. The number of hydrogen-bond acceptors (Lipinski definition) is 2. The van der Waals surface area contributed by atoms with Gasteiger partial charge < -0.3 is 0 Å². The lowest BCUT2D eigenvalue weighted by Crippen LogP contribution is -1.82. The summed E-state index contributed by atoms with van der Waals surface area (Å²) in [5.74, 6) is 0.540. The predicted octanol–water partition coefficient (Wildman–Crippen LogP) is 2.37. The Morgan fingerprint density at radius 2 is 1.83 bits per heavy atom. The summed E-state index contributed by atoms with van der Waals surface area (Å²) in [5.41, 5.74) is 1.11. The highest BCUT2D eigenvalue weighted by atomic mass is 35.5. The van der Waals surface area contributed by atoms with Gasteiger partial charge in [-0.2, -0.15) is 10.2 Å². The molecule has 3 heteroatoms. The molecule has 1 aromatic heterocycles. The fraction of sp³-hybridized carbons (Fsp3) is 0.111. The molecule has 0 radical (unpaired) electrons. The highest BCUT2D eigenvalue weighted by Gasteiger charge is 1.94. The SMILES string of the molecule is ClCc1ccc2cnncc2c1. The van der Waals surface area contributed by atoms with E-state index in [2.05, 4.69) is 10.2 Å². The Labute approximate surface area is 75.2 Å². The van der Waals surface area contributed by atoms with E-state index in [1.54, 1.807) is 12.4 Å². The zero-order valence-electron chi connectivity index (χ0n) is 6.37. The molecule has 2 rings (SSSR count). The Morgan fingerprint density at radius 1 is 1.08 bits per heavy atom. The van der Waals surface area contributed by atoms with Crippen LogP contribution in [0.15, 0.2) is 30.6 Å². The molecule has 0 saturated carbocycles. The molecular weight excluding hydrogens is 172 g/mol. The van der Waals surface area contributed by atoms with Crippen LogP contribution in [0.4, 0.5) is 0 Å². The highest BCUT2D eigenvalue weighted by Crippen LogP contribution is 2.14. The van der Waals surface area contributed by atoms with Gasteiger partial charge in [-0.15, -0.1) is 11.6 Å². The first-order valence-electron chi connectivity index (χ1n) is 3.65. The van der Waals surface area contributed by atoms with Gasteiger partial charge >= 0.3 is 0 Å². The van der Waals surface area contributed by atoms with Gasteiger partial charge in [-0.1, -0.05) is 12.1 Å². The van der Waals surface area contributed by atoms with E-state index in [-0.39, 0.29) is 0 Å². The van der Waals surface area contributed by atoms with Crippen LogP contribution in [-0.4, -0.2) is 10.2 Å². The predicted molar refractivity (Wildman–Crippen MR) is 49.1 cm³/mol.